The molecule has 8 nitrogen and oxygen atoms in total. The SMILES string of the molecule is CC1(C)C(=O)NC(=O)CN1C(=O)C1=NNC(=O)CC1. The van der Waals surface area contributed by atoms with Crippen LogP contribution in [0.2, 0.25) is 0 Å². The van der Waals surface area contributed by atoms with Crippen molar-refractivity contribution in [3.8, 4) is 0 Å². The number of piperazine rings is 1. The summed E-state index contributed by atoms with van der Waals surface area (Å²) in [7, 11) is 0. The fourth-order valence-electron chi connectivity index (χ4n) is 1.89. The lowest BCUT2D eigenvalue weighted by molar-refractivity contribution is -0.152. The average molecular weight is 266 g/mol. The molecule has 2 aliphatic heterocycles. The summed E-state index contributed by atoms with van der Waals surface area (Å²) in [4.78, 5) is 47.5. The molecule has 0 aromatic carbocycles. The van der Waals surface area contributed by atoms with Gasteiger partial charge >= 0.3 is 0 Å². The van der Waals surface area contributed by atoms with Crippen LogP contribution in [-0.2, 0) is 19.2 Å². The van der Waals surface area contributed by atoms with Gasteiger partial charge in [0.25, 0.3) is 11.8 Å². The van der Waals surface area contributed by atoms with E-state index in [0.29, 0.717) is 0 Å². The van der Waals surface area contributed by atoms with Gasteiger partial charge in [-0.05, 0) is 13.8 Å². The summed E-state index contributed by atoms with van der Waals surface area (Å²) in [6.07, 6.45) is 0.367. The Morgan fingerprint density at radius 3 is 2.47 bits per heavy atom. The molecule has 0 spiro atoms. The van der Waals surface area contributed by atoms with E-state index in [1.54, 1.807) is 13.8 Å². The van der Waals surface area contributed by atoms with Crippen LogP contribution in [0.1, 0.15) is 26.7 Å². The molecule has 1 saturated heterocycles. The van der Waals surface area contributed by atoms with Gasteiger partial charge in [-0.3, -0.25) is 24.5 Å². The zero-order valence-corrected chi connectivity index (χ0v) is 10.6. The summed E-state index contributed by atoms with van der Waals surface area (Å²) in [5.41, 5.74) is 1.24. The highest BCUT2D eigenvalue weighted by Gasteiger charge is 2.44. The number of amides is 4. The third kappa shape index (κ3) is 2.33. The van der Waals surface area contributed by atoms with Crippen molar-refractivity contribution >= 4 is 29.3 Å². The first kappa shape index (κ1) is 13.2. The number of carbonyl (C=O) groups excluding carboxylic acids is 4. The van der Waals surface area contributed by atoms with Crippen molar-refractivity contribution in [2.24, 2.45) is 5.10 Å². The number of hydrazone groups is 1. The first-order valence-electron chi connectivity index (χ1n) is 5.84. The van der Waals surface area contributed by atoms with Gasteiger partial charge in [0, 0.05) is 12.8 Å². The zero-order valence-electron chi connectivity index (χ0n) is 10.6. The Balaban J connectivity index is 2.24. The summed E-state index contributed by atoms with van der Waals surface area (Å²) < 4.78 is 0. The Morgan fingerprint density at radius 1 is 1.21 bits per heavy atom. The molecule has 0 unspecified atom stereocenters. The zero-order chi connectivity index (χ0) is 14.2. The lowest BCUT2D eigenvalue weighted by Gasteiger charge is -2.40. The van der Waals surface area contributed by atoms with Crippen LogP contribution in [0, 0.1) is 0 Å². The number of nitrogens with zero attached hydrogens (tertiary/aromatic N) is 2. The Kier molecular flexibility index (Phi) is 3.09. The van der Waals surface area contributed by atoms with Gasteiger partial charge in [0.05, 0.1) is 0 Å². The minimum atomic E-state index is -1.13. The van der Waals surface area contributed by atoms with Crippen LogP contribution >= 0.6 is 0 Å². The highest BCUT2D eigenvalue weighted by Crippen LogP contribution is 2.19. The number of imide groups is 1. The fraction of sp³-hybridized carbons (Fsp3) is 0.545. The summed E-state index contributed by atoms with van der Waals surface area (Å²) >= 11 is 0. The van der Waals surface area contributed by atoms with E-state index >= 15 is 0 Å². The van der Waals surface area contributed by atoms with Gasteiger partial charge in [-0.2, -0.15) is 5.10 Å². The van der Waals surface area contributed by atoms with Crippen LogP contribution in [0.3, 0.4) is 0 Å². The van der Waals surface area contributed by atoms with Crippen molar-refractivity contribution in [1.82, 2.24) is 15.6 Å². The van der Waals surface area contributed by atoms with Crippen LogP contribution in [-0.4, -0.2) is 46.3 Å². The molecule has 0 radical (unpaired) electrons. The van der Waals surface area contributed by atoms with Gasteiger partial charge in [0.1, 0.15) is 17.8 Å². The first-order valence-corrected chi connectivity index (χ1v) is 5.84. The molecule has 19 heavy (non-hydrogen) atoms. The largest absolute Gasteiger partial charge is 0.314 e. The van der Waals surface area contributed by atoms with Gasteiger partial charge in [-0.15, -0.1) is 0 Å². The van der Waals surface area contributed by atoms with Crippen LogP contribution in [0.5, 0.6) is 0 Å². The van der Waals surface area contributed by atoms with Gasteiger partial charge in [0.2, 0.25) is 11.8 Å². The van der Waals surface area contributed by atoms with E-state index in [9.17, 15) is 19.2 Å². The van der Waals surface area contributed by atoms with Crippen LogP contribution < -0.4 is 10.7 Å². The van der Waals surface area contributed by atoms with E-state index in [4.69, 9.17) is 0 Å². The molecule has 2 rings (SSSR count). The number of carbonyl (C=O) groups is 4. The highest BCUT2D eigenvalue weighted by molar-refractivity contribution is 6.40. The predicted molar refractivity (Wildman–Crippen MR) is 63.8 cm³/mol. The summed E-state index contributed by atoms with van der Waals surface area (Å²) in [5.74, 6) is -1.83. The molecule has 0 atom stereocenters. The maximum atomic E-state index is 12.3. The molecule has 2 N–H and O–H groups in total. The van der Waals surface area contributed by atoms with E-state index in [2.05, 4.69) is 15.8 Å². The standard InChI is InChI=1S/C11H14N4O4/c1-11(2)10(19)12-8(17)5-15(11)9(18)6-3-4-7(16)14-13-6/h3-5H2,1-2H3,(H,14,16)(H,12,17,19). The quantitative estimate of drug-likeness (QED) is 0.564. The predicted octanol–water partition coefficient (Wildman–Crippen LogP) is -1.48. The minimum Gasteiger partial charge on any atom is -0.314 e. The molecule has 0 aromatic heterocycles. The van der Waals surface area contributed by atoms with Crippen LogP contribution in [0.15, 0.2) is 5.10 Å². The van der Waals surface area contributed by atoms with E-state index in [0.717, 1.165) is 0 Å². The number of nitrogens with one attached hydrogen (secondary N) is 2. The maximum absolute atomic E-state index is 12.3. The molecular weight excluding hydrogens is 252 g/mol. The van der Waals surface area contributed by atoms with E-state index < -0.39 is 23.3 Å². The van der Waals surface area contributed by atoms with Crippen molar-refractivity contribution in [3.05, 3.63) is 0 Å². The third-order valence-corrected chi connectivity index (χ3v) is 3.18. The van der Waals surface area contributed by atoms with Crippen molar-refractivity contribution in [3.63, 3.8) is 0 Å². The molecule has 0 bridgehead atoms. The lowest BCUT2D eigenvalue weighted by Crippen LogP contribution is -2.66. The fourth-order valence-corrected chi connectivity index (χ4v) is 1.89. The van der Waals surface area contributed by atoms with Crippen molar-refractivity contribution in [1.29, 1.82) is 0 Å². The topological polar surface area (TPSA) is 108 Å². The Morgan fingerprint density at radius 2 is 1.89 bits per heavy atom. The summed E-state index contributed by atoms with van der Waals surface area (Å²) in [5, 5.41) is 5.87. The molecule has 0 saturated carbocycles. The molecular formula is C11H14N4O4. The van der Waals surface area contributed by atoms with Gasteiger partial charge < -0.3 is 4.90 Å². The van der Waals surface area contributed by atoms with E-state index in [1.807, 2.05) is 0 Å². The van der Waals surface area contributed by atoms with Gasteiger partial charge in [-0.25, -0.2) is 5.43 Å². The monoisotopic (exact) mass is 266 g/mol. The van der Waals surface area contributed by atoms with E-state index in [1.165, 1.54) is 4.90 Å². The maximum Gasteiger partial charge on any atom is 0.271 e. The Hall–Kier alpha value is -2.25. The molecule has 1 fully saturated rings. The smallest absolute Gasteiger partial charge is 0.271 e. The summed E-state index contributed by atoms with van der Waals surface area (Å²) in [6.45, 7) is 2.90. The molecule has 8 heteroatoms. The molecule has 2 aliphatic rings. The first-order chi connectivity index (χ1) is 8.82. The van der Waals surface area contributed by atoms with Crippen LogP contribution in [0.4, 0.5) is 0 Å². The number of hydrogen-bond acceptors (Lipinski definition) is 5. The second-order valence-corrected chi connectivity index (χ2v) is 4.92. The van der Waals surface area contributed by atoms with Crippen molar-refractivity contribution in [2.45, 2.75) is 32.2 Å². The highest BCUT2D eigenvalue weighted by atomic mass is 16.2. The Bertz CT molecular complexity index is 509. The Labute approximate surface area is 109 Å². The average Bonchev–Trinajstić information content (AvgIpc) is 2.34. The van der Waals surface area contributed by atoms with E-state index in [-0.39, 0.29) is 31.0 Å². The summed E-state index contributed by atoms with van der Waals surface area (Å²) in [6, 6.07) is 0. The lowest BCUT2D eigenvalue weighted by atomic mass is 9.97. The molecule has 102 valence electrons. The third-order valence-electron chi connectivity index (χ3n) is 3.18. The van der Waals surface area contributed by atoms with Crippen LogP contribution in [0.25, 0.3) is 0 Å². The number of hydrogen-bond donors (Lipinski definition) is 2. The normalized spacial score (nSPS) is 22.5. The van der Waals surface area contributed by atoms with Crippen molar-refractivity contribution < 1.29 is 19.2 Å². The molecule has 2 heterocycles. The van der Waals surface area contributed by atoms with Gasteiger partial charge in [-0.1, -0.05) is 0 Å². The molecule has 0 aromatic rings. The second kappa shape index (κ2) is 4.45. The van der Waals surface area contributed by atoms with Crippen molar-refractivity contribution in [2.75, 3.05) is 6.54 Å². The number of rotatable bonds is 1. The minimum absolute atomic E-state index is 0.148. The second-order valence-electron chi connectivity index (χ2n) is 4.92. The van der Waals surface area contributed by atoms with Gasteiger partial charge in [0.15, 0.2) is 0 Å². The molecule has 0 aliphatic carbocycles. The molecule has 4 amide bonds.